The molecular weight excluding hydrogens is 350 g/mol. The third kappa shape index (κ3) is 10.6. The van der Waals surface area contributed by atoms with E-state index in [1.54, 1.807) is 0 Å². The lowest BCUT2D eigenvalue weighted by molar-refractivity contribution is 0.121. The normalized spacial score (nSPS) is 9.67. The van der Waals surface area contributed by atoms with Crippen LogP contribution in [0.2, 0.25) is 0 Å². The van der Waals surface area contributed by atoms with Crippen molar-refractivity contribution in [1.29, 1.82) is 0 Å². The highest BCUT2D eigenvalue weighted by atomic mass is 32.2. The molecule has 0 heterocycles. The second kappa shape index (κ2) is 15.0. The van der Waals surface area contributed by atoms with Gasteiger partial charge in [-0.1, -0.05) is 97.9 Å². The summed E-state index contributed by atoms with van der Waals surface area (Å²) in [5.74, 6) is 2.19. The van der Waals surface area contributed by atoms with Gasteiger partial charge >= 0.3 is 0 Å². The van der Waals surface area contributed by atoms with Crippen molar-refractivity contribution in [2.75, 3.05) is 6.61 Å². The van der Waals surface area contributed by atoms with Gasteiger partial charge in [0.25, 0.3) is 0 Å². The van der Waals surface area contributed by atoms with Crippen LogP contribution < -0.4 is 6.15 Å². The topological polar surface area (TPSA) is 44.2 Å². The van der Waals surface area contributed by atoms with Crippen molar-refractivity contribution < 1.29 is 4.74 Å². The molecule has 0 radical (unpaired) electrons. The van der Waals surface area contributed by atoms with Crippen molar-refractivity contribution in [2.45, 2.75) is 31.5 Å². The third-order valence-electron chi connectivity index (χ3n) is 3.68. The molecule has 27 heavy (non-hydrogen) atoms. The van der Waals surface area contributed by atoms with Crippen LogP contribution in [0, 0.1) is 0 Å². The summed E-state index contributed by atoms with van der Waals surface area (Å²) in [5, 5.41) is 0. The highest BCUT2D eigenvalue weighted by Gasteiger charge is 1.94. The van der Waals surface area contributed by atoms with Gasteiger partial charge in [0.05, 0.1) is 6.61 Å². The Morgan fingerprint density at radius 1 is 0.630 bits per heavy atom. The smallest absolute Gasteiger partial charge is 0.0716 e. The minimum atomic E-state index is 0. The van der Waals surface area contributed by atoms with Gasteiger partial charge < -0.3 is 10.9 Å². The van der Waals surface area contributed by atoms with Crippen LogP contribution in [0.4, 0.5) is 0 Å². The third-order valence-corrected chi connectivity index (χ3v) is 4.76. The summed E-state index contributed by atoms with van der Waals surface area (Å²) in [6.07, 6.45) is 1.09. The maximum Gasteiger partial charge on any atom is 0.0716 e. The summed E-state index contributed by atoms with van der Waals surface area (Å²) in [5.41, 5.74) is 4.05. The van der Waals surface area contributed by atoms with Crippen LogP contribution in [0.3, 0.4) is 0 Å². The van der Waals surface area contributed by atoms with Crippen molar-refractivity contribution in [3.8, 4) is 0 Å². The Bertz CT molecular complexity index is 650. The van der Waals surface area contributed by atoms with Gasteiger partial charge in [-0.3, -0.25) is 0 Å². The number of hydrogen-bond donors (Lipinski definition) is 1. The molecule has 2 nitrogen and oxygen atoms in total. The molecule has 3 aromatic carbocycles. The molecule has 0 aliphatic carbocycles. The molecular formula is C24H31NOS. The number of rotatable bonds is 8. The van der Waals surface area contributed by atoms with E-state index in [0.29, 0.717) is 0 Å². The zero-order valence-corrected chi connectivity index (χ0v) is 17.0. The monoisotopic (exact) mass is 381 g/mol. The zero-order valence-electron chi connectivity index (χ0n) is 16.2. The van der Waals surface area contributed by atoms with Gasteiger partial charge in [-0.05, 0) is 23.1 Å². The summed E-state index contributed by atoms with van der Waals surface area (Å²) in [4.78, 5) is 0. The summed E-state index contributed by atoms with van der Waals surface area (Å²) >= 11 is 1.96. The average molecular weight is 382 g/mol. The van der Waals surface area contributed by atoms with E-state index in [4.69, 9.17) is 4.74 Å². The zero-order chi connectivity index (χ0) is 18.3. The lowest BCUT2D eigenvalue weighted by Gasteiger charge is -2.01. The molecule has 0 aliphatic rings. The molecule has 0 bridgehead atoms. The van der Waals surface area contributed by atoms with E-state index >= 15 is 0 Å². The summed E-state index contributed by atoms with van der Waals surface area (Å²) in [6, 6.07) is 31.5. The Balaban J connectivity index is 0.000000273. The summed E-state index contributed by atoms with van der Waals surface area (Å²) < 4.78 is 5.37. The van der Waals surface area contributed by atoms with Crippen molar-refractivity contribution in [3.05, 3.63) is 108 Å². The van der Waals surface area contributed by atoms with E-state index in [-0.39, 0.29) is 6.15 Å². The van der Waals surface area contributed by atoms with E-state index in [1.165, 1.54) is 16.7 Å². The predicted molar refractivity (Wildman–Crippen MR) is 119 cm³/mol. The van der Waals surface area contributed by atoms with Crippen LogP contribution in [0.25, 0.3) is 0 Å². The fourth-order valence-corrected chi connectivity index (χ4v) is 3.30. The number of ether oxygens (including phenoxy) is 1. The Labute approximate surface area is 168 Å². The number of thioether (sulfide) groups is 1. The van der Waals surface area contributed by atoms with Crippen molar-refractivity contribution in [1.82, 2.24) is 6.15 Å². The SMILES string of the molecule is CCCOCc1ccccc1.N.c1ccc(CSCc2ccccc2)cc1. The van der Waals surface area contributed by atoms with E-state index in [9.17, 15) is 0 Å². The lowest BCUT2D eigenvalue weighted by Crippen LogP contribution is -1.92. The quantitative estimate of drug-likeness (QED) is 0.432. The molecule has 0 amide bonds. The first kappa shape index (κ1) is 23.0. The molecule has 144 valence electrons. The largest absolute Gasteiger partial charge is 0.377 e. The van der Waals surface area contributed by atoms with E-state index < -0.39 is 0 Å². The molecule has 0 saturated carbocycles. The second-order valence-electron chi connectivity index (χ2n) is 6.00. The van der Waals surface area contributed by atoms with Crippen LogP contribution in [0.1, 0.15) is 30.0 Å². The second-order valence-corrected chi connectivity index (χ2v) is 6.99. The molecule has 3 heteroatoms. The fraction of sp³-hybridized carbons (Fsp3) is 0.250. The van der Waals surface area contributed by atoms with E-state index in [1.807, 2.05) is 30.0 Å². The Morgan fingerprint density at radius 3 is 1.44 bits per heavy atom. The Hall–Kier alpha value is -2.07. The molecule has 0 fully saturated rings. The molecule has 0 aromatic heterocycles. The van der Waals surface area contributed by atoms with Gasteiger partial charge in [-0.2, -0.15) is 11.8 Å². The van der Waals surface area contributed by atoms with Gasteiger partial charge in [0, 0.05) is 18.1 Å². The summed E-state index contributed by atoms with van der Waals surface area (Å²) in [6.45, 7) is 3.72. The first-order chi connectivity index (χ1) is 12.9. The van der Waals surface area contributed by atoms with Crippen molar-refractivity contribution in [2.24, 2.45) is 0 Å². The fourth-order valence-electron chi connectivity index (χ4n) is 2.34. The molecule has 3 rings (SSSR count). The lowest BCUT2D eigenvalue weighted by atomic mass is 10.2. The van der Waals surface area contributed by atoms with Crippen LogP contribution in [0.5, 0.6) is 0 Å². The Morgan fingerprint density at radius 2 is 1.04 bits per heavy atom. The van der Waals surface area contributed by atoms with Crippen molar-refractivity contribution in [3.63, 3.8) is 0 Å². The van der Waals surface area contributed by atoms with E-state index in [2.05, 4.69) is 79.7 Å². The molecule has 0 unspecified atom stereocenters. The maximum absolute atomic E-state index is 5.37. The predicted octanol–water partition coefficient (Wildman–Crippen LogP) is 6.90. The van der Waals surface area contributed by atoms with Gasteiger partial charge in [-0.25, -0.2) is 0 Å². The average Bonchev–Trinajstić information content (AvgIpc) is 2.71. The van der Waals surface area contributed by atoms with Crippen LogP contribution in [-0.4, -0.2) is 6.61 Å². The first-order valence-corrected chi connectivity index (χ1v) is 10.3. The maximum atomic E-state index is 5.37. The number of benzene rings is 3. The van der Waals surface area contributed by atoms with Crippen LogP contribution >= 0.6 is 11.8 Å². The van der Waals surface area contributed by atoms with Crippen molar-refractivity contribution >= 4 is 11.8 Å². The summed E-state index contributed by atoms with van der Waals surface area (Å²) in [7, 11) is 0. The Kier molecular flexibility index (Phi) is 12.8. The standard InChI is InChI=1S/C14H14S.C10H14O.H3N/c1-3-7-13(8-4-1)11-15-12-14-9-5-2-6-10-14;1-2-8-11-9-10-6-4-3-5-7-10;/h1-10H,11-12H2;3-7H,2,8-9H2,1H3;1H3. The van der Waals surface area contributed by atoms with E-state index in [0.717, 1.165) is 31.1 Å². The molecule has 0 atom stereocenters. The molecule has 0 saturated heterocycles. The molecule has 0 aliphatic heterocycles. The van der Waals surface area contributed by atoms with Gasteiger partial charge in [0.1, 0.15) is 0 Å². The first-order valence-electron chi connectivity index (χ1n) is 9.15. The van der Waals surface area contributed by atoms with Gasteiger partial charge in [0.2, 0.25) is 0 Å². The molecule has 0 spiro atoms. The van der Waals surface area contributed by atoms with Crippen LogP contribution in [0.15, 0.2) is 91.0 Å². The van der Waals surface area contributed by atoms with Gasteiger partial charge in [0.15, 0.2) is 0 Å². The van der Waals surface area contributed by atoms with Crippen LogP contribution in [-0.2, 0) is 22.8 Å². The van der Waals surface area contributed by atoms with Gasteiger partial charge in [-0.15, -0.1) is 0 Å². The highest BCUT2D eigenvalue weighted by molar-refractivity contribution is 7.97. The number of hydrogen-bond acceptors (Lipinski definition) is 3. The molecule has 3 aromatic rings. The minimum absolute atomic E-state index is 0. The highest BCUT2D eigenvalue weighted by Crippen LogP contribution is 2.17. The molecule has 3 N–H and O–H groups in total. The minimum Gasteiger partial charge on any atom is -0.377 e.